The van der Waals surface area contributed by atoms with Crippen molar-refractivity contribution >= 4 is 15.9 Å². The second-order valence-electron chi connectivity index (χ2n) is 3.28. The molecule has 1 heteroatoms. The predicted molar refractivity (Wildman–Crippen MR) is 62.3 cm³/mol. The lowest BCUT2D eigenvalue weighted by Gasteiger charge is -2.10. The molecule has 0 nitrogen and oxygen atoms in total. The van der Waals surface area contributed by atoms with Crippen molar-refractivity contribution in [1.29, 1.82) is 0 Å². The maximum atomic E-state index is 3.64. The number of hydrogen-bond acceptors (Lipinski definition) is 0. The summed E-state index contributed by atoms with van der Waals surface area (Å²) in [7, 11) is 0. The maximum Gasteiger partial charge on any atom is 0.0212 e. The van der Waals surface area contributed by atoms with Crippen LogP contribution in [0.15, 0.2) is 16.6 Å². The quantitative estimate of drug-likeness (QED) is 0.746. The Labute approximate surface area is 89.5 Å². The normalized spacial score (nSPS) is 10.5. The number of hydrogen-bond donors (Lipinski definition) is 0. The summed E-state index contributed by atoms with van der Waals surface area (Å²) >= 11 is 3.64. The number of rotatable bonds is 3. The van der Waals surface area contributed by atoms with E-state index >= 15 is 0 Å². The molecule has 0 atom stereocenters. The highest BCUT2D eigenvalue weighted by Gasteiger charge is 2.05. The van der Waals surface area contributed by atoms with Gasteiger partial charge in [-0.2, -0.15) is 0 Å². The molecule has 0 fully saturated rings. The van der Waals surface area contributed by atoms with Crippen LogP contribution in [0, 0.1) is 0 Å². The number of aryl methyl sites for hydroxylation is 2. The summed E-state index contributed by atoms with van der Waals surface area (Å²) in [6.45, 7) is 6.64. The van der Waals surface area contributed by atoms with Crippen molar-refractivity contribution in [3.05, 3.63) is 33.3 Å². The summed E-state index contributed by atoms with van der Waals surface area (Å²) in [4.78, 5) is 0. The van der Waals surface area contributed by atoms with E-state index in [9.17, 15) is 0 Å². The lowest BCUT2D eigenvalue weighted by molar-refractivity contribution is 1.01. The lowest BCUT2D eigenvalue weighted by atomic mass is 9.99. The zero-order valence-electron chi connectivity index (χ0n) is 8.65. The third-order valence-electron chi connectivity index (χ3n) is 2.49. The highest BCUT2D eigenvalue weighted by atomic mass is 79.9. The van der Waals surface area contributed by atoms with Crippen molar-refractivity contribution < 1.29 is 0 Å². The standard InChI is InChI=1S/C12H17Br/c1-4-9-7-10(5-2)11(6-3)12(13)8-9/h7-8H,4-6H2,1-3H3. The van der Waals surface area contributed by atoms with Crippen molar-refractivity contribution in [3.8, 4) is 0 Å². The first-order valence-corrected chi connectivity index (χ1v) is 5.82. The average molecular weight is 241 g/mol. The number of halogens is 1. The van der Waals surface area contributed by atoms with Crippen LogP contribution in [-0.2, 0) is 19.3 Å². The Morgan fingerprint density at radius 2 is 1.69 bits per heavy atom. The molecule has 1 rings (SSSR count). The van der Waals surface area contributed by atoms with Crippen LogP contribution in [0.4, 0.5) is 0 Å². The van der Waals surface area contributed by atoms with Gasteiger partial charge >= 0.3 is 0 Å². The molecule has 0 saturated carbocycles. The van der Waals surface area contributed by atoms with Gasteiger partial charge in [0.05, 0.1) is 0 Å². The van der Waals surface area contributed by atoms with Gasteiger partial charge in [0.25, 0.3) is 0 Å². The van der Waals surface area contributed by atoms with Gasteiger partial charge in [0.2, 0.25) is 0 Å². The molecular formula is C12H17Br. The fourth-order valence-electron chi connectivity index (χ4n) is 1.67. The van der Waals surface area contributed by atoms with Crippen LogP contribution in [0.5, 0.6) is 0 Å². The molecule has 0 bridgehead atoms. The van der Waals surface area contributed by atoms with E-state index in [1.807, 2.05) is 0 Å². The predicted octanol–water partition coefficient (Wildman–Crippen LogP) is 4.14. The molecule has 0 aliphatic heterocycles. The molecule has 0 saturated heterocycles. The lowest BCUT2D eigenvalue weighted by Crippen LogP contribution is -1.95. The molecule has 0 heterocycles. The Balaban J connectivity index is 3.20. The van der Waals surface area contributed by atoms with E-state index in [2.05, 4.69) is 48.8 Å². The summed E-state index contributed by atoms with van der Waals surface area (Å²) < 4.78 is 1.28. The largest absolute Gasteiger partial charge is 0.0613 e. The Morgan fingerprint density at radius 3 is 2.15 bits per heavy atom. The van der Waals surface area contributed by atoms with Gasteiger partial charge in [-0.1, -0.05) is 42.8 Å². The average Bonchev–Trinajstić information content (AvgIpc) is 2.16. The van der Waals surface area contributed by atoms with E-state index in [1.165, 1.54) is 21.2 Å². The van der Waals surface area contributed by atoms with Crippen LogP contribution in [-0.4, -0.2) is 0 Å². The van der Waals surface area contributed by atoms with Crippen LogP contribution < -0.4 is 0 Å². The summed E-state index contributed by atoms with van der Waals surface area (Å²) in [5, 5.41) is 0. The number of benzene rings is 1. The molecule has 0 spiro atoms. The van der Waals surface area contributed by atoms with Crippen molar-refractivity contribution in [3.63, 3.8) is 0 Å². The fourth-order valence-corrected chi connectivity index (χ4v) is 2.50. The van der Waals surface area contributed by atoms with E-state index < -0.39 is 0 Å². The molecule has 0 unspecified atom stereocenters. The molecular weight excluding hydrogens is 224 g/mol. The Morgan fingerprint density at radius 1 is 1.00 bits per heavy atom. The minimum atomic E-state index is 1.12. The van der Waals surface area contributed by atoms with Gasteiger partial charge in [-0.05, 0) is 42.0 Å². The Kier molecular flexibility index (Phi) is 3.98. The molecule has 0 aromatic heterocycles. The maximum absolute atomic E-state index is 3.64. The van der Waals surface area contributed by atoms with E-state index in [-0.39, 0.29) is 0 Å². The minimum absolute atomic E-state index is 1.12. The third kappa shape index (κ3) is 2.34. The van der Waals surface area contributed by atoms with Gasteiger partial charge in [0.15, 0.2) is 0 Å². The van der Waals surface area contributed by atoms with E-state index in [4.69, 9.17) is 0 Å². The molecule has 0 amide bonds. The zero-order chi connectivity index (χ0) is 9.84. The van der Waals surface area contributed by atoms with E-state index in [0.29, 0.717) is 0 Å². The monoisotopic (exact) mass is 240 g/mol. The molecule has 72 valence electrons. The van der Waals surface area contributed by atoms with Gasteiger partial charge in [0.1, 0.15) is 0 Å². The summed E-state index contributed by atoms with van der Waals surface area (Å²) in [5.41, 5.74) is 4.40. The van der Waals surface area contributed by atoms with Crippen LogP contribution in [0.25, 0.3) is 0 Å². The summed E-state index contributed by atoms with van der Waals surface area (Å²) in [6, 6.07) is 4.58. The van der Waals surface area contributed by atoms with Gasteiger partial charge in [-0.25, -0.2) is 0 Å². The fraction of sp³-hybridized carbons (Fsp3) is 0.500. The summed E-state index contributed by atoms with van der Waals surface area (Å²) in [6.07, 6.45) is 3.37. The second kappa shape index (κ2) is 4.80. The summed E-state index contributed by atoms with van der Waals surface area (Å²) in [5.74, 6) is 0. The molecule has 1 aromatic carbocycles. The van der Waals surface area contributed by atoms with Crippen LogP contribution in [0.1, 0.15) is 37.5 Å². The second-order valence-corrected chi connectivity index (χ2v) is 4.13. The van der Waals surface area contributed by atoms with Gasteiger partial charge in [0, 0.05) is 4.47 Å². The van der Waals surface area contributed by atoms with Gasteiger partial charge < -0.3 is 0 Å². The molecule has 1 aromatic rings. The smallest absolute Gasteiger partial charge is 0.0212 e. The van der Waals surface area contributed by atoms with Crippen LogP contribution in [0.2, 0.25) is 0 Å². The minimum Gasteiger partial charge on any atom is -0.0613 e. The molecule has 0 aliphatic rings. The van der Waals surface area contributed by atoms with Gasteiger partial charge in [-0.15, -0.1) is 0 Å². The highest BCUT2D eigenvalue weighted by Crippen LogP contribution is 2.24. The first-order chi connectivity index (χ1) is 6.22. The van der Waals surface area contributed by atoms with Crippen molar-refractivity contribution in [2.75, 3.05) is 0 Å². The first-order valence-electron chi connectivity index (χ1n) is 5.03. The third-order valence-corrected chi connectivity index (χ3v) is 3.20. The zero-order valence-corrected chi connectivity index (χ0v) is 10.2. The molecule has 0 aliphatic carbocycles. The Bertz CT molecular complexity index is 289. The highest BCUT2D eigenvalue weighted by molar-refractivity contribution is 9.10. The SMILES string of the molecule is CCc1cc(Br)c(CC)c(CC)c1. The molecule has 0 radical (unpaired) electrons. The van der Waals surface area contributed by atoms with Crippen molar-refractivity contribution in [2.45, 2.75) is 40.0 Å². The topological polar surface area (TPSA) is 0 Å². The van der Waals surface area contributed by atoms with Crippen LogP contribution >= 0.6 is 15.9 Å². The van der Waals surface area contributed by atoms with E-state index in [1.54, 1.807) is 0 Å². The van der Waals surface area contributed by atoms with E-state index in [0.717, 1.165) is 19.3 Å². The first kappa shape index (κ1) is 10.8. The Hall–Kier alpha value is -0.300. The van der Waals surface area contributed by atoms with Crippen molar-refractivity contribution in [1.82, 2.24) is 0 Å². The van der Waals surface area contributed by atoms with Crippen molar-refractivity contribution in [2.24, 2.45) is 0 Å². The van der Waals surface area contributed by atoms with Crippen LogP contribution in [0.3, 0.4) is 0 Å². The van der Waals surface area contributed by atoms with Gasteiger partial charge in [-0.3, -0.25) is 0 Å². The molecule has 0 N–H and O–H groups in total. The molecule has 13 heavy (non-hydrogen) atoms.